The van der Waals surface area contributed by atoms with E-state index in [2.05, 4.69) is 31.9 Å². The molecule has 0 spiro atoms. The number of hydrogen-bond donors (Lipinski definition) is 1. The van der Waals surface area contributed by atoms with Crippen molar-refractivity contribution in [3.8, 4) is 0 Å². The van der Waals surface area contributed by atoms with Crippen molar-refractivity contribution in [2.75, 3.05) is 0 Å². The minimum absolute atomic E-state index is 0.267. The van der Waals surface area contributed by atoms with Gasteiger partial charge < -0.3 is 5.32 Å². The first-order valence-corrected chi connectivity index (χ1v) is 6.63. The highest BCUT2D eigenvalue weighted by Crippen LogP contribution is 2.49. The summed E-state index contributed by atoms with van der Waals surface area (Å²) in [5.41, 5.74) is 0.600. The summed E-state index contributed by atoms with van der Waals surface area (Å²) >= 11 is 6.07. The van der Waals surface area contributed by atoms with Crippen molar-refractivity contribution in [1.29, 1.82) is 0 Å². The zero-order chi connectivity index (χ0) is 14.4. The van der Waals surface area contributed by atoms with E-state index < -0.39 is 27.1 Å². The molecule has 0 aromatic heterocycles. The second-order valence-corrected chi connectivity index (χ2v) is 7.51. The molecule has 0 bridgehead atoms. The number of fused-ring (bicyclic) bond motifs is 1. The molecule has 1 unspecified atom stereocenters. The Kier molecular flexibility index (Phi) is 3.51. The van der Waals surface area contributed by atoms with Crippen LogP contribution in [0, 0.1) is 0 Å². The summed E-state index contributed by atoms with van der Waals surface area (Å²) in [6, 6.07) is 5.04. The lowest BCUT2D eigenvalue weighted by Gasteiger charge is -2.23. The Morgan fingerprint density at radius 3 is 2.42 bits per heavy atom. The molecule has 102 valence electrons. The second kappa shape index (κ2) is 4.59. The number of Topliss-reactive ketones (excluding diaryl/α,β-unsaturated/α-hetero) is 1. The van der Waals surface area contributed by atoms with Gasteiger partial charge in [0.15, 0.2) is 9.02 Å². The van der Waals surface area contributed by atoms with E-state index in [1.165, 1.54) is 12.1 Å². The molecule has 1 N–H and O–H groups in total. The molecule has 1 atom stereocenters. The van der Waals surface area contributed by atoms with Crippen LogP contribution in [0.4, 0.5) is 13.2 Å². The lowest BCUT2D eigenvalue weighted by molar-refractivity contribution is -0.174. The van der Waals surface area contributed by atoms with E-state index in [0.717, 1.165) is 0 Å². The van der Waals surface area contributed by atoms with Crippen molar-refractivity contribution in [3.63, 3.8) is 0 Å². The Bertz CT molecular complexity index is 557. The number of amides is 1. The molecule has 2 rings (SSSR count). The van der Waals surface area contributed by atoms with Gasteiger partial charge in [-0.2, -0.15) is 13.2 Å². The molecule has 0 fully saturated rings. The summed E-state index contributed by atoms with van der Waals surface area (Å²) in [6.07, 6.45) is -5.00. The maximum Gasteiger partial charge on any atom is 0.471 e. The fourth-order valence-corrected chi connectivity index (χ4v) is 2.99. The molecule has 0 aliphatic heterocycles. The topological polar surface area (TPSA) is 46.2 Å². The Morgan fingerprint density at radius 2 is 1.84 bits per heavy atom. The first kappa shape index (κ1) is 14.5. The van der Waals surface area contributed by atoms with E-state index >= 15 is 0 Å². The molecule has 19 heavy (non-hydrogen) atoms. The third kappa shape index (κ3) is 2.43. The van der Waals surface area contributed by atoms with Gasteiger partial charge in [0.1, 0.15) is 0 Å². The van der Waals surface area contributed by atoms with Gasteiger partial charge in [0.25, 0.3) is 0 Å². The predicted octanol–water partition coefficient (Wildman–Crippen LogP) is 3.09. The third-order valence-corrected chi connectivity index (χ3v) is 4.35. The standard InChI is InChI=1S/C11H6Br2F3NO2/c12-10(13)7(17-9(19)11(14,15)16)5-3-1-2-4-6(5)8(10)18/h1-4,7H,(H,17,19). The van der Waals surface area contributed by atoms with Crippen LogP contribution in [0.3, 0.4) is 0 Å². The van der Waals surface area contributed by atoms with Crippen molar-refractivity contribution in [3.05, 3.63) is 35.4 Å². The summed E-state index contributed by atoms with van der Waals surface area (Å²) < 4.78 is 35.4. The van der Waals surface area contributed by atoms with E-state index in [1.807, 2.05) is 5.32 Å². The predicted molar refractivity (Wildman–Crippen MR) is 68.3 cm³/mol. The van der Waals surface area contributed by atoms with Gasteiger partial charge in [0, 0.05) is 5.56 Å². The van der Waals surface area contributed by atoms with Crippen LogP contribution in [0.25, 0.3) is 0 Å². The number of alkyl halides is 5. The number of nitrogens with one attached hydrogen (secondary N) is 1. The minimum atomic E-state index is -5.00. The van der Waals surface area contributed by atoms with Crippen LogP contribution in [-0.4, -0.2) is 21.1 Å². The van der Waals surface area contributed by atoms with Crippen LogP contribution < -0.4 is 5.32 Å². The highest BCUT2D eigenvalue weighted by atomic mass is 79.9. The van der Waals surface area contributed by atoms with Gasteiger partial charge in [-0.15, -0.1) is 0 Å². The van der Waals surface area contributed by atoms with E-state index in [1.54, 1.807) is 12.1 Å². The molecule has 0 saturated carbocycles. The zero-order valence-electron chi connectivity index (χ0n) is 9.09. The largest absolute Gasteiger partial charge is 0.471 e. The summed E-state index contributed by atoms with van der Waals surface area (Å²) in [6.45, 7) is 0. The number of benzene rings is 1. The fourth-order valence-electron chi connectivity index (χ4n) is 1.84. The molecule has 1 aliphatic rings. The molecule has 0 heterocycles. The highest BCUT2D eigenvalue weighted by Gasteiger charge is 2.53. The molecule has 1 amide bonds. The summed E-state index contributed by atoms with van der Waals surface area (Å²) in [4.78, 5) is 23.1. The number of ketones is 1. The fraction of sp³-hybridized carbons (Fsp3) is 0.273. The molecule has 0 radical (unpaired) electrons. The SMILES string of the molecule is O=C(NC1c2ccccc2C(=O)C1(Br)Br)C(F)(F)F. The Labute approximate surface area is 122 Å². The van der Waals surface area contributed by atoms with E-state index in [0.29, 0.717) is 5.56 Å². The average Bonchev–Trinajstić information content (AvgIpc) is 2.50. The summed E-state index contributed by atoms with van der Waals surface area (Å²) in [5.74, 6) is -2.53. The van der Waals surface area contributed by atoms with Gasteiger partial charge in [-0.1, -0.05) is 56.1 Å². The maximum atomic E-state index is 12.3. The third-order valence-electron chi connectivity index (χ3n) is 2.71. The van der Waals surface area contributed by atoms with Crippen LogP contribution in [-0.2, 0) is 4.79 Å². The van der Waals surface area contributed by atoms with Crippen molar-refractivity contribution in [2.24, 2.45) is 0 Å². The minimum Gasteiger partial charge on any atom is -0.339 e. The van der Waals surface area contributed by atoms with Gasteiger partial charge >= 0.3 is 12.1 Å². The molecular weight excluding hydrogens is 395 g/mol. The van der Waals surface area contributed by atoms with Crippen molar-refractivity contribution < 1.29 is 22.8 Å². The quantitative estimate of drug-likeness (QED) is 0.736. The number of hydrogen-bond acceptors (Lipinski definition) is 2. The average molecular weight is 401 g/mol. The summed E-state index contributed by atoms with van der Waals surface area (Å²) in [5, 5.41) is 1.82. The summed E-state index contributed by atoms with van der Waals surface area (Å²) in [7, 11) is 0. The molecule has 0 saturated heterocycles. The van der Waals surface area contributed by atoms with Crippen LogP contribution >= 0.6 is 31.9 Å². The smallest absolute Gasteiger partial charge is 0.339 e. The lowest BCUT2D eigenvalue weighted by Crippen LogP contribution is -2.44. The van der Waals surface area contributed by atoms with Gasteiger partial charge in [-0.05, 0) is 5.56 Å². The first-order chi connectivity index (χ1) is 8.65. The molecule has 1 aliphatic carbocycles. The molecule has 1 aromatic carbocycles. The number of halogens is 5. The van der Waals surface area contributed by atoms with Crippen molar-refractivity contribution >= 4 is 43.6 Å². The molecular formula is C11H6Br2F3NO2. The van der Waals surface area contributed by atoms with E-state index in [9.17, 15) is 22.8 Å². The zero-order valence-corrected chi connectivity index (χ0v) is 12.3. The van der Waals surface area contributed by atoms with Crippen LogP contribution in [0.5, 0.6) is 0 Å². The Hall–Kier alpha value is -0.890. The van der Waals surface area contributed by atoms with Gasteiger partial charge in [-0.25, -0.2) is 0 Å². The van der Waals surface area contributed by atoms with Crippen LogP contribution in [0.15, 0.2) is 24.3 Å². The van der Waals surface area contributed by atoms with E-state index in [-0.39, 0.29) is 5.56 Å². The lowest BCUT2D eigenvalue weighted by atomic mass is 10.1. The number of rotatable bonds is 1. The molecule has 1 aromatic rings. The normalized spacial score (nSPS) is 21.1. The first-order valence-electron chi connectivity index (χ1n) is 5.05. The Morgan fingerprint density at radius 1 is 1.26 bits per heavy atom. The van der Waals surface area contributed by atoms with Crippen molar-refractivity contribution in [1.82, 2.24) is 5.32 Å². The van der Waals surface area contributed by atoms with Crippen molar-refractivity contribution in [2.45, 2.75) is 15.5 Å². The Balaban J connectivity index is 2.40. The van der Waals surface area contributed by atoms with E-state index in [4.69, 9.17) is 0 Å². The number of carbonyl (C=O) groups is 2. The maximum absolute atomic E-state index is 12.3. The number of carbonyl (C=O) groups excluding carboxylic acids is 2. The van der Waals surface area contributed by atoms with Crippen LogP contribution in [0.1, 0.15) is 22.0 Å². The van der Waals surface area contributed by atoms with Gasteiger partial charge in [-0.3, -0.25) is 9.59 Å². The molecule has 3 nitrogen and oxygen atoms in total. The monoisotopic (exact) mass is 399 g/mol. The second-order valence-electron chi connectivity index (χ2n) is 3.94. The molecule has 8 heteroatoms. The van der Waals surface area contributed by atoms with Gasteiger partial charge in [0.05, 0.1) is 6.04 Å². The van der Waals surface area contributed by atoms with Gasteiger partial charge in [0.2, 0.25) is 0 Å². The van der Waals surface area contributed by atoms with Crippen LogP contribution in [0.2, 0.25) is 0 Å². The highest BCUT2D eigenvalue weighted by molar-refractivity contribution is 9.26.